The number of hydrogen-bond acceptors (Lipinski definition) is 24. The van der Waals surface area contributed by atoms with Gasteiger partial charge in [0, 0.05) is 67.6 Å². The Balaban J connectivity index is 0.000000145. The molecule has 0 aliphatic rings. The number of nitrogens with zero attached hydrogens (tertiary/aromatic N) is 6. The quantitative estimate of drug-likeness (QED) is 0.0623. The summed E-state index contributed by atoms with van der Waals surface area (Å²) in [6.45, 7) is 0. The molecular formula is C72H42N6O18RuS6-4. The van der Waals surface area contributed by atoms with Crippen molar-refractivity contribution in [3.05, 3.63) is 255 Å². The summed E-state index contributed by atoms with van der Waals surface area (Å²) in [5.74, 6) is 0. The fourth-order valence-corrected chi connectivity index (χ4v) is 17.8. The van der Waals surface area contributed by atoms with Gasteiger partial charge in [0.25, 0.3) is 0 Å². The zero-order chi connectivity index (χ0) is 72.3. The average Bonchev–Trinajstić information content (AvgIpc) is 0.736. The molecule has 15 aromatic rings. The molecule has 9 aromatic carbocycles. The van der Waals surface area contributed by atoms with Gasteiger partial charge in [0.05, 0.1) is 47.8 Å². The first-order valence-corrected chi connectivity index (χ1v) is 38.3. The van der Waals surface area contributed by atoms with Crippen molar-refractivity contribution in [2.75, 3.05) is 0 Å². The maximum atomic E-state index is 12.2. The minimum Gasteiger partial charge on any atom is -0.744 e. The van der Waals surface area contributed by atoms with Gasteiger partial charge in [-0.2, -0.15) is 0 Å². The van der Waals surface area contributed by atoms with Gasteiger partial charge in [-0.3, -0.25) is 15.0 Å². The molecule has 0 atom stereocenters. The molecule has 31 heteroatoms. The monoisotopic (exact) mass is 1570 g/mol. The van der Waals surface area contributed by atoms with E-state index in [1.807, 2.05) is 91.0 Å². The third-order valence-electron chi connectivity index (χ3n) is 16.3. The van der Waals surface area contributed by atoms with Gasteiger partial charge >= 0.3 is 19.5 Å². The van der Waals surface area contributed by atoms with Crippen molar-refractivity contribution in [3.63, 3.8) is 0 Å². The smallest absolute Gasteiger partial charge is 0.744 e. The predicted molar refractivity (Wildman–Crippen MR) is 372 cm³/mol. The molecule has 0 bridgehead atoms. The van der Waals surface area contributed by atoms with Crippen LogP contribution in [0.3, 0.4) is 0 Å². The molecule has 6 aromatic heterocycles. The summed E-state index contributed by atoms with van der Waals surface area (Å²) in [6, 6.07) is 66.9. The van der Waals surface area contributed by atoms with Crippen molar-refractivity contribution in [2.24, 2.45) is 0 Å². The molecule has 24 nitrogen and oxygen atoms in total. The Hall–Kier alpha value is -10.5. The number of hydrogen-bond donors (Lipinski definition) is 0. The Morgan fingerprint density at radius 3 is 0.602 bits per heavy atom. The van der Waals surface area contributed by atoms with Gasteiger partial charge in [-0.05, 0) is 68.3 Å². The molecule has 0 radical (unpaired) electrons. The second-order valence-corrected chi connectivity index (χ2v) is 30.3. The van der Waals surface area contributed by atoms with Crippen molar-refractivity contribution in [1.29, 1.82) is 0 Å². The summed E-state index contributed by atoms with van der Waals surface area (Å²) in [5, 5.41) is -1.65. The largest absolute Gasteiger partial charge is 2.00 e. The molecule has 6 heterocycles. The summed E-state index contributed by atoms with van der Waals surface area (Å²) in [4.78, 5) is 21.3. The van der Waals surface area contributed by atoms with E-state index in [0.29, 0.717) is 16.2 Å². The third-order valence-corrected chi connectivity index (χ3v) is 21.7. The van der Waals surface area contributed by atoms with Gasteiger partial charge in [-0.1, -0.05) is 218 Å². The first kappa shape index (κ1) is 72.3. The molecular weight excluding hydrogens is 1530 g/mol. The number of pyridine rings is 6. The summed E-state index contributed by atoms with van der Waals surface area (Å²) < 4.78 is 219. The van der Waals surface area contributed by atoms with E-state index in [0.717, 1.165) is 33.4 Å². The van der Waals surface area contributed by atoms with E-state index in [1.54, 1.807) is 109 Å². The molecule has 0 fully saturated rings. The fraction of sp³-hybridized carbons (Fsp3) is 0. The van der Waals surface area contributed by atoms with Crippen molar-refractivity contribution in [3.8, 4) is 66.8 Å². The first-order valence-electron chi connectivity index (χ1n) is 29.8. The Morgan fingerprint density at radius 1 is 0.214 bits per heavy atom. The summed E-state index contributed by atoms with van der Waals surface area (Å²) >= 11 is 0. The number of rotatable bonds is 12. The molecule has 0 amide bonds. The van der Waals surface area contributed by atoms with Gasteiger partial charge < -0.3 is 27.3 Å². The SMILES string of the molecule is O=S(=O)([O-])c1nc2c(ccc3c(-c4ccccc4)ccnc32)c(-c2ccccc2)c1S(=O)(=O)[O-].O=S(=O)([O-])c1nc2c(ccc3c(-c4ccccc4)ccnc32)c(-c2ccccc2)c1S(=O)(=O)[O-].O=S(=O)([O-])c1nc2c(ccc3c(-c4ccccc4)ccnc32)c(-c2ccccc2)c1S(=O)(=O)[O-].[Ru+2]. The molecule has 0 spiro atoms. The zero-order valence-corrected chi connectivity index (χ0v) is 58.7. The van der Waals surface area contributed by atoms with Crippen molar-refractivity contribution in [1.82, 2.24) is 29.9 Å². The minimum atomic E-state index is -5.44. The van der Waals surface area contributed by atoms with E-state index < -0.39 is 90.5 Å². The van der Waals surface area contributed by atoms with E-state index in [2.05, 4.69) is 29.9 Å². The zero-order valence-electron chi connectivity index (χ0n) is 52.1. The van der Waals surface area contributed by atoms with Crippen molar-refractivity contribution < 1.29 is 97.3 Å². The van der Waals surface area contributed by atoms with Gasteiger partial charge in [0.15, 0.2) is 15.1 Å². The molecule has 0 aliphatic heterocycles. The number of aromatic nitrogens is 6. The fourth-order valence-electron chi connectivity index (χ4n) is 12.2. The van der Waals surface area contributed by atoms with E-state index >= 15 is 0 Å². The normalized spacial score (nSPS) is 12.2. The number of benzene rings is 9. The van der Waals surface area contributed by atoms with Gasteiger partial charge in [0.1, 0.15) is 60.7 Å². The second kappa shape index (κ2) is 28.0. The summed E-state index contributed by atoms with van der Waals surface area (Å²) in [6.07, 6.45) is 4.53. The van der Waals surface area contributed by atoms with Crippen LogP contribution in [0, 0.1) is 0 Å². The molecule has 0 N–H and O–H groups in total. The van der Waals surface area contributed by atoms with Crippen LogP contribution in [-0.2, 0) is 80.2 Å². The maximum absolute atomic E-state index is 12.2. The van der Waals surface area contributed by atoms with E-state index in [4.69, 9.17) is 0 Å². The van der Waals surface area contributed by atoms with Crippen LogP contribution < -0.4 is 0 Å². The van der Waals surface area contributed by atoms with Crippen LogP contribution in [-0.4, -0.2) is 108 Å². The standard InChI is InChI=1S/3C24H16N2O6S2.Ru/c3*27-33(28,29)23-20(16-9-5-2-6-10-16)19-12-11-18-17(15-7-3-1-4-8-15)13-14-25-21(18)22(19)26-24(23)34(30,31)32;/h3*1-14H,(H,27,28,29)(H,30,31,32);/q;;;+2/p-6. The number of fused-ring (bicyclic) bond motifs is 9. The Labute approximate surface area is 600 Å². The van der Waals surface area contributed by atoms with E-state index in [-0.39, 0.29) is 102 Å². The van der Waals surface area contributed by atoms with Crippen molar-refractivity contribution >= 4 is 126 Å². The second-order valence-electron chi connectivity index (χ2n) is 22.4. The molecule has 0 aliphatic carbocycles. The van der Waals surface area contributed by atoms with E-state index in [9.17, 15) is 77.8 Å². The van der Waals surface area contributed by atoms with Crippen LogP contribution in [0.5, 0.6) is 0 Å². The predicted octanol–water partition coefficient (Wildman–Crippen LogP) is 11.8. The first-order chi connectivity index (χ1) is 48.5. The van der Waals surface area contributed by atoms with Gasteiger partial charge in [0.2, 0.25) is 0 Å². The van der Waals surface area contributed by atoms with E-state index in [1.165, 1.54) is 55.0 Å². The molecule has 103 heavy (non-hydrogen) atoms. The van der Waals surface area contributed by atoms with Crippen LogP contribution in [0.25, 0.3) is 132 Å². The molecule has 15 rings (SSSR count). The Morgan fingerprint density at radius 2 is 0.408 bits per heavy atom. The Kier molecular flexibility index (Phi) is 19.7. The maximum Gasteiger partial charge on any atom is 2.00 e. The van der Waals surface area contributed by atoms with Crippen LogP contribution in [0.2, 0.25) is 0 Å². The minimum absolute atomic E-state index is 0. The van der Waals surface area contributed by atoms with Crippen LogP contribution >= 0.6 is 0 Å². The van der Waals surface area contributed by atoms with Gasteiger partial charge in [-0.15, -0.1) is 0 Å². The molecule has 516 valence electrons. The molecule has 0 saturated heterocycles. The summed E-state index contributed by atoms with van der Waals surface area (Å²) in [7, 11) is -32.5. The van der Waals surface area contributed by atoms with Crippen LogP contribution in [0.15, 0.2) is 285 Å². The van der Waals surface area contributed by atoms with Gasteiger partial charge in [-0.25, -0.2) is 65.5 Å². The van der Waals surface area contributed by atoms with Crippen LogP contribution in [0.1, 0.15) is 0 Å². The Bertz CT molecular complexity index is 6020. The molecule has 0 saturated carbocycles. The van der Waals surface area contributed by atoms with Crippen LogP contribution in [0.4, 0.5) is 0 Å². The molecule has 0 unspecified atom stereocenters. The topological polar surface area (TPSA) is 421 Å². The average molecular weight is 1570 g/mol. The summed E-state index contributed by atoms with van der Waals surface area (Å²) in [5.41, 5.74) is 5.83. The van der Waals surface area contributed by atoms with Crippen molar-refractivity contribution in [2.45, 2.75) is 29.8 Å². The third kappa shape index (κ3) is 14.3.